The lowest BCUT2D eigenvalue weighted by Crippen LogP contribution is -2.63. The highest BCUT2D eigenvalue weighted by Crippen LogP contribution is 2.28. The highest BCUT2D eigenvalue weighted by molar-refractivity contribution is 7.13. The van der Waals surface area contributed by atoms with Crippen molar-refractivity contribution in [1.29, 1.82) is 0 Å². The summed E-state index contributed by atoms with van der Waals surface area (Å²) in [5, 5.41) is 5.95. The van der Waals surface area contributed by atoms with Gasteiger partial charge in [0.1, 0.15) is 5.01 Å². The SMILES string of the molecule is CCc1ccc(-c2nc(CC(=O)N3CC(=O)NC4CCCCC43)cs2)cc1. The fourth-order valence-corrected chi connectivity index (χ4v) is 4.94. The third-order valence-electron chi connectivity index (χ3n) is 5.60. The minimum atomic E-state index is -0.0403. The number of nitrogens with zero attached hydrogens (tertiary/aromatic N) is 2. The minimum Gasteiger partial charge on any atom is -0.350 e. The summed E-state index contributed by atoms with van der Waals surface area (Å²) in [5.41, 5.74) is 3.18. The van der Waals surface area contributed by atoms with E-state index in [-0.39, 0.29) is 36.9 Å². The van der Waals surface area contributed by atoms with Crippen molar-refractivity contribution in [3.8, 4) is 10.6 Å². The molecule has 0 spiro atoms. The second-order valence-corrected chi connectivity index (χ2v) is 8.28. The van der Waals surface area contributed by atoms with Gasteiger partial charge in [0.05, 0.1) is 24.7 Å². The Bertz CT molecular complexity index is 830. The van der Waals surface area contributed by atoms with Gasteiger partial charge in [-0.2, -0.15) is 0 Å². The third-order valence-corrected chi connectivity index (χ3v) is 6.54. The quantitative estimate of drug-likeness (QED) is 0.882. The van der Waals surface area contributed by atoms with Gasteiger partial charge in [-0.3, -0.25) is 9.59 Å². The molecule has 1 N–H and O–H groups in total. The van der Waals surface area contributed by atoms with Gasteiger partial charge >= 0.3 is 0 Å². The van der Waals surface area contributed by atoms with Crippen LogP contribution in [0.15, 0.2) is 29.6 Å². The van der Waals surface area contributed by atoms with Gasteiger partial charge < -0.3 is 10.2 Å². The Morgan fingerprint density at radius 3 is 2.81 bits per heavy atom. The Labute approximate surface area is 163 Å². The molecule has 0 bridgehead atoms. The first-order chi connectivity index (χ1) is 13.1. The molecule has 1 aromatic heterocycles. The maximum Gasteiger partial charge on any atom is 0.239 e. The smallest absolute Gasteiger partial charge is 0.239 e. The van der Waals surface area contributed by atoms with Crippen molar-refractivity contribution in [1.82, 2.24) is 15.2 Å². The molecule has 1 aliphatic carbocycles. The molecule has 0 radical (unpaired) electrons. The summed E-state index contributed by atoms with van der Waals surface area (Å²) in [5.74, 6) is -0.0265. The van der Waals surface area contributed by atoms with E-state index >= 15 is 0 Å². The van der Waals surface area contributed by atoms with Crippen molar-refractivity contribution < 1.29 is 9.59 Å². The Morgan fingerprint density at radius 2 is 2.04 bits per heavy atom. The van der Waals surface area contributed by atoms with Gasteiger partial charge in [0, 0.05) is 17.0 Å². The first-order valence-corrected chi connectivity index (χ1v) is 10.6. The van der Waals surface area contributed by atoms with Gasteiger partial charge in [-0.15, -0.1) is 11.3 Å². The summed E-state index contributed by atoms with van der Waals surface area (Å²) >= 11 is 1.57. The largest absolute Gasteiger partial charge is 0.350 e. The number of carbonyl (C=O) groups excluding carboxylic acids is 2. The van der Waals surface area contributed by atoms with Gasteiger partial charge in [-0.1, -0.05) is 44.0 Å². The van der Waals surface area contributed by atoms with Crippen molar-refractivity contribution >= 4 is 23.2 Å². The topological polar surface area (TPSA) is 62.3 Å². The van der Waals surface area contributed by atoms with E-state index < -0.39 is 0 Å². The number of piperazine rings is 1. The van der Waals surface area contributed by atoms with Crippen LogP contribution in [0.5, 0.6) is 0 Å². The van der Waals surface area contributed by atoms with E-state index in [1.54, 1.807) is 16.2 Å². The van der Waals surface area contributed by atoms with Crippen molar-refractivity contribution in [3.05, 3.63) is 40.9 Å². The molecule has 142 valence electrons. The summed E-state index contributed by atoms with van der Waals surface area (Å²) in [7, 11) is 0. The number of hydrogen-bond acceptors (Lipinski definition) is 4. The summed E-state index contributed by atoms with van der Waals surface area (Å²) < 4.78 is 0. The number of amides is 2. The lowest BCUT2D eigenvalue weighted by atomic mass is 9.87. The number of aryl methyl sites for hydroxylation is 1. The monoisotopic (exact) mass is 383 g/mol. The second kappa shape index (κ2) is 7.80. The number of rotatable bonds is 4. The zero-order chi connectivity index (χ0) is 18.8. The Morgan fingerprint density at radius 1 is 1.26 bits per heavy atom. The molecule has 2 heterocycles. The summed E-state index contributed by atoms with van der Waals surface area (Å²) in [4.78, 5) is 31.4. The van der Waals surface area contributed by atoms with Gasteiger partial charge in [0.25, 0.3) is 0 Å². The van der Waals surface area contributed by atoms with E-state index in [2.05, 4.69) is 41.5 Å². The third kappa shape index (κ3) is 3.90. The summed E-state index contributed by atoms with van der Waals surface area (Å²) in [6, 6.07) is 8.68. The Hall–Kier alpha value is -2.21. The standard InChI is InChI=1S/C21H25N3O2S/c1-2-14-7-9-15(10-8-14)21-22-16(13-27-21)11-20(26)24-12-19(25)23-17-5-3-4-6-18(17)24/h7-10,13,17-18H,2-6,11-12H2,1H3,(H,23,25). The fourth-order valence-electron chi connectivity index (χ4n) is 4.11. The van der Waals surface area contributed by atoms with E-state index in [1.807, 2.05) is 5.38 Å². The van der Waals surface area contributed by atoms with E-state index in [0.29, 0.717) is 0 Å². The van der Waals surface area contributed by atoms with Crippen LogP contribution >= 0.6 is 11.3 Å². The predicted octanol–water partition coefficient (Wildman–Crippen LogP) is 3.18. The molecule has 6 heteroatoms. The van der Waals surface area contributed by atoms with E-state index in [0.717, 1.165) is 48.4 Å². The zero-order valence-electron chi connectivity index (χ0n) is 15.6. The zero-order valence-corrected chi connectivity index (χ0v) is 16.4. The molecule has 2 unspecified atom stereocenters. The average Bonchev–Trinajstić information content (AvgIpc) is 3.15. The molecule has 1 aromatic carbocycles. The first kappa shape index (κ1) is 18.2. The number of fused-ring (bicyclic) bond motifs is 1. The van der Waals surface area contributed by atoms with Crippen molar-refractivity contribution in [2.24, 2.45) is 0 Å². The van der Waals surface area contributed by atoms with Crippen molar-refractivity contribution in [2.75, 3.05) is 6.54 Å². The summed E-state index contributed by atoms with van der Waals surface area (Å²) in [6.07, 6.45) is 5.46. The molecule has 1 saturated carbocycles. The number of nitrogens with one attached hydrogen (secondary N) is 1. The molecule has 2 aromatic rings. The second-order valence-electron chi connectivity index (χ2n) is 7.42. The average molecular weight is 384 g/mol. The maximum absolute atomic E-state index is 12.9. The molecule has 27 heavy (non-hydrogen) atoms. The number of carbonyl (C=O) groups is 2. The van der Waals surface area contributed by atoms with Crippen LogP contribution in [0.1, 0.15) is 43.9 Å². The molecule has 1 aliphatic heterocycles. The highest BCUT2D eigenvalue weighted by atomic mass is 32.1. The summed E-state index contributed by atoms with van der Waals surface area (Å²) in [6.45, 7) is 2.31. The minimum absolute atomic E-state index is 0.0138. The van der Waals surface area contributed by atoms with Gasteiger partial charge in [-0.25, -0.2) is 4.98 Å². The van der Waals surface area contributed by atoms with Crippen LogP contribution in [0.4, 0.5) is 0 Å². The van der Waals surface area contributed by atoms with Crippen LogP contribution in [0.2, 0.25) is 0 Å². The number of benzene rings is 1. The van der Waals surface area contributed by atoms with Crippen molar-refractivity contribution in [3.63, 3.8) is 0 Å². The van der Waals surface area contributed by atoms with E-state index in [9.17, 15) is 9.59 Å². The van der Waals surface area contributed by atoms with Crippen LogP contribution in [0.3, 0.4) is 0 Å². The molecule has 1 saturated heterocycles. The predicted molar refractivity (Wildman–Crippen MR) is 107 cm³/mol. The van der Waals surface area contributed by atoms with Crippen molar-refractivity contribution in [2.45, 2.75) is 57.5 Å². The van der Waals surface area contributed by atoms with E-state index in [4.69, 9.17) is 0 Å². The molecular weight excluding hydrogens is 358 g/mol. The molecule has 2 aliphatic rings. The Kier molecular flexibility index (Phi) is 5.25. The van der Waals surface area contributed by atoms with E-state index in [1.165, 1.54) is 5.56 Å². The number of aromatic nitrogens is 1. The lowest BCUT2D eigenvalue weighted by molar-refractivity contribution is -0.143. The van der Waals surface area contributed by atoms with Crippen LogP contribution < -0.4 is 5.32 Å². The Balaban J connectivity index is 1.46. The fraction of sp³-hybridized carbons (Fsp3) is 0.476. The molecule has 4 rings (SSSR count). The maximum atomic E-state index is 12.9. The number of thiazole rings is 1. The van der Waals surface area contributed by atoms with Crippen LogP contribution in [0.25, 0.3) is 10.6 Å². The van der Waals surface area contributed by atoms with Crippen LogP contribution in [-0.4, -0.2) is 40.3 Å². The normalized spacial score (nSPS) is 22.3. The van der Waals surface area contributed by atoms with Crippen LogP contribution in [0, 0.1) is 0 Å². The molecule has 2 fully saturated rings. The van der Waals surface area contributed by atoms with Gasteiger partial charge in [0.2, 0.25) is 11.8 Å². The molecule has 2 amide bonds. The lowest BCUT2D eigenvalue weighted by Gasteiger charge is -2.43. The van der Waals surface area contributed by atoms with Gasteiger partial charge in [0.15, 0.2) is 0 Å². The van der Waals surface area contributed by atoms with Crippen LogP contribution in [-0.2, 0) is 22.4 Å². The number of hydrogen-bond donors (Lipinski definition) is 1. The molecule has 5 nitrogen and oxygen atoms in total. The first-order valence-electron chi connectivity index (χ1n) is 9.76. The molecule has 2 atom stereocenters. The highest BCUT2D eigenvalue weighted by Gasteiger charge is 2.38. The van der Waals surface area contributed by atoms with Gasteiger partial charge in [-0.05, 0) is 24.8 Å². The molecular formula is C21H25N3O2S.